The largest absolute Gasteiger partial charge is 0.342 e. The van der Waals surface area contributed by atoms with Gasteiger partial charge in [0.05, 0.1) is 0 Å². The molecule has 1 saturated heterocycles. The second-order valence-electron chi connectivity index (χ2n) is 5.80. The molecule has 2 rings (SSSR count). The van der Waals surface area contributed by atoms with E-state index in [1.165, 1.54) is 5.54 Å². The second kappa shape index (κ2) is 5.16. The van der Waals surface area contributed by atoms with E-state index in [2.05, 4.69) is 5.32 Å². The first-order valence-corrected chi connectivity index (χ1v) is 7.26. The van der Waals surface area contributed by atoms with Gasteiger partial charge in [-0.15, -0.1) is 0 Å². The maximum Gasteiger partial charge on any atom is 0.246 e. The van der Waals surface area contributed by atoms with Crippen LogP contribution in [0.1, 0.15) is 40.0 Å². The average Bonchev–Trinajstić information content (AvgIpc) is 3.22. The van der Waals surface area contributed by atoms with Crippen molar-refractivity contribution in [1.29, 1.82) is 0 Å². The highest BCUT2D eigenvalue weighted by Gasteiger charge is 2.51. The molecule has 1 heterocycles. The predicted molar refractivity (Wildman–Crippen MR) is 74.7 cm³/mol. The number of carbonyl (C=O) groups excluding carboxylic acids is 2. The number of halogens is 1. The summed E-state index contributed by atoms with van der Waals surface area (Å²) in [4.78, 5) is 26.7. The molecule has 2 unspecified atom stereocenters. The molecule has 0 aromatic heterocycles. The van der Waals surface area contributed by atoms with Gasteiger partial charge in [0, 0.05) is 12.1 Å². The number of carbonyl (C=O) groups is 2. The van der Waals surface area contributed by atoms with Crippen molar-refractivity contribution >= 4 is 23.4 Å². The summed E-state index contributed by atoms with van der Waals surface area (Å²) in [7, 11) is 0. The molecule has 1 aliphatic carbocycles. The minimum Gasteiger partial charge on any atom is -0.342 e. The van der Waals surface area contributed by atoms with Gasteiger partial charge in [0.2, 0.25) is 11.8 Å². The molecular weight excluding hydrogens is 264 g/mol. The first-order valence-electron chi connectivity index (χ1n) is 6.82. The van der Waals surface area contributed by atoms with Crippen molar-refractivity contribution in [3.63, 3.8) is 0 Å². The molecule has 1 saturated carbocycles. The Hall–Kier alpha value is -1.03. The molecule has 19 heavy (non-hydrogen) atoms. The number of rotatable bonds is 4. The summed E-state index contributed by atoms with van der Waals surface area (Å²) >= 11 is 5.70. The van der Waals surface area contributed by atoms with E-state index in [4.69, 9.17) is 11.6 Å². The highest BCUT2D eigenvalue weighted by Crippen LogP contribution is 2.37. The van der Waals surface area contributed by atoms with Crippen LogP contribution in [0.25, 0.3) is 0 Å². The molecule has 5 heteroatoms. The Morgan fingerprint density at radius 3 is 2.63 bits per heavy atom. The van der Waals surface area contributed by atoms with Crippen molar-refractivity contribution in [2.75, 3.05) is 6.54 Å². The van der Waals surface area contributed by atoms with Crippen molar-refractivity contribution in [1.82, 2.24) is 10.2 Å². The number of hydrogen-bond donors (Lipinski definition) is 1. The molecular formula is C14H21ClN2O2. The number of nitrogens with one attached hydrogen (secondary N) is 1. The van der Waals surface area contributed by atoms with E-state index in [-0.39, 0.29) is 17.9 Å². The van der Waals surface area contributed by atoms with Crippen molar-refractivity contribution in [2.45, 2.75) is 51.6 Å². The van der Waals surface area contributed by atoms with Gasteiger partial charge in [-0.1, -0.05) is 18.5 Å². The third-order valence-corrected chi connectivity index (χ3v) is 4.65. The zero-order valence-electron chi connectivity index (χ0n) is 11.7. The Labute approximate surface area is 119 Å². The lowest BCUT2D eigenvalue weighted by atomic mass is 9.89. The molecule has 1 aliphatic heterocycles. The fourth-order valence-electron chi connectivity index (χ4n) is 2.53. The summed E-state index contributed by atoms with van der Waals surface area (Å²) in [6.45, 7) is 6.04. The van der Waals surface area contributed by atoms with Gasteiger partial charge in [-0.25, -0.2) is 0 Å². The fourth-order valence-corrected chi connectivity index (χ4v) is 2.60. The van der Waals surface area contributed by atoms with Crippen LogP contribution < -0.4 is 5.32 Å². The number of piperazine rings is 1. The molecule has 0 radical (unpaired) electrons. The molecule has 1 N–H and O–H groups in total. The van der Waals surface area contributed by atoms with Crippen molar-refractivity contribution in [3.05, 3.63) is 11.1 Å². The van der Waals surface area contributed by atoms with Gasteiger partial charge in [0.25, 0.3) is 0 Å². The summed E-state index contributed by atoms with van der Waals surface area (Å²) in [5.41, 5.74) is 1.59. The van der Waals surface area contributed by atoms with Crippen molar-refractivity contribution in [3.8, 4) is 0 Å². The maximum atomic E-state index is 12.6. The zero-order valence-corrected chi connectivity index (χ0v) is 12.5. The number of amides is 2. The fraction of sp³-hybridized carbons (Fsp3) is 0.714. The van der Waals surface area contributed by atoms with E-state index in [9.17, 15) is 9.59 Å². The third kappa shape index (κ3) is 2.50. The standard InChI is InChI=1S/C14H21ClN2O2/c1-4-14(3)13(19)16-11(10-5-6-10)12(18)17(14)8-9(2)7-15/h7,10-11H,4-6,8H2,1-3H3,(H,16,19). The predicted octanol–water partition coefficient (Wildman–Crippen LogP) is 2.03. The lowest BCUT2D eigenvalue weighted by Crippen LogP contribution is -2.70. The molecule has 0 aromatic rings. The Morgan fingerprint density at radius 2 is 2.16 bits per heavy atom. The minimum absolute atomic E-state index is 0.0318. The lowest BCUT2D eigenvalue weighted by molar-refractivity contribution is -0.156. The van der Waals surface area contributed by atoms with Crippen LogP contribution in [0.3, 0.4) is 0 Å². The summed E-state index contributed by atoms with van der Waals surface area (Å²) in [5.74, 6) is 0.304. The monoisotopic (exact) mass is 284 g/mol. The van der Waals surface area contributed by atoms with Crippen LogP contribution in [-0.2, 0) is 9.59 Å². The van der Waals surface area contributed by atoms with Gasteiger partial charge in [0.1, 0.15) is 11.6 Å². The highest BCUT2D eigenvalue weighted by molar-refractivity contribution is 6.25. The van der Waals surface area contributed by atoms with Crippen LogP contribution in [0, 0.1) is 5.92 Å². The lowest BCUT2D eigenvalue weighted by Gasteiger charge is -2.46. The molecule has 2 atom stereocenters. The molecule has 0 bridgehead atoms. The first kappa shape index (κ1) is 14.4. The minimum atomic E-state index is -0.774. The van der Waals surface area contributed by atoms with E-state index in [1.807, 2.05) is 20.8 Å². The van der Waals surface area contributed by atoms with Crippen molar-refractivity contribution < 1.29 is 9.59 Å². The van der Waals surface area contributed by atoms with Gasteiger partial charge < -0.3 is 10.2 Å². The highest BCUT2D eigenvalue weighted by atomic mass is 35.5. The molecule has 106 valence electrons. The Morgan fingerprint density at radius 1 is 1.53 bits per heavy atom. The molecule has 2 amide bonds. The molecule has 0 spiro atoms. The maximum absolute atomic E-state index is 12.6. The van der Waals surface area contributed by atoms with Gasteiger partial charge >= 0.3 is 0 Å². The molecule has 4 nitrogen and oxygen atoms in total. The van der Waals surface area contributed by atoms with Crippen LogP contribution in [0.2, 0.25) is 0 Å². The second-order valence-corrected chi connectivity index (χ2v) is 6.01. The first-order chi connectivity index (χ1) is 8.93. The Kier molecular flexibility index (Phi) is 3.90. The molecule has 2 fully saturated rings. The SMILES string of the molecule is CCC1(C)C(=O)NC(C2CC2)C(=O)N1CC(C)=CCl. The summed E-state index contributed by atoms with van der Waals surface area (Å²) in [6, 6.07) is -0.338. The van der Waals surface area contributed by atoms with Gasteiger partial charge in [0.15, 0.2) is 0 Å². The number of hydrogen-bond acceptors (Lipinski definition) is 2. The van der Waals surface area contributed by atoms with Gasteiger partial charge in [-0.3, -0.25) is 9.59 Å². The quantitative estimate of drug-likeness (QED) is 0.859. The molecule has 0 aromatic carbocycles. The van der Waals surface area contributed by atoms with Crippen LogP contribution in [0.4, 0.5) is 0 Å². The Bertz CT molecular complexity index is 431. The van der Waals surface area contributed by atoms with E-state index in [0.29, 0.717) is 18.9 Å². The molecule has 2 aliphatic rings. The smallest absolute Gasteiger partial charge is 0.246 e. The van der Waals surface area contributed by atoms with Crippen LogP contribution in [0.5, 0.6) is 0 Å². The van der Waals surface area contributed by atoms with E-state index >= 15 is 0 Å². The third-order valence-electron chi connectivity index (χ3n) is 4.28. The van der Waals surface area contributed by atoms with Gasteiger partial charge in [-0.2, -0.15) is 0 Å². The average molecular weight is 285 g/mol. The van der Waals surface area contributed by atoms with Gasteiger partial charge in [-0.05, 0) is 44.6 Å². The summed E-state index contributed by atoms with van der Waals surface area (Å²) in [6.07, 6.45) is 2.65. The normalized spacial score (nSPS) is 32.5. The van der Waals surface area contributed by atoms with E-state index < -0.39 is 5.54 Å². The van der Waals surface area contributed by atoms with Crippen LogP contribution >= 0.6 is 11.6 Å². The van der Waals surface area contributed by atoms with E-state index in [1.54, 1.807) is 4.90 Å². The summed E-state index contributed by atoms with van der Waals surface area (Å²) < 4.78 is 0. The van der Waals surface area contributed by atoms with E-state index in [0.717, 1.165) is 18.4 Å². The number of nitrogens with zero attached hydrogens (tertiary/aromatic N) is 1. The van der Waals surface area contributed by atoms with Crippen molar-refractivity contribution in [2.24, 2.45) is 5.92 Å². The summed E-state index contributed by atoms with van der Waals surface area (Å²) in [5, 5.41) is 2.91. The topological polar surface area (TPSA) is 49.4 Å². The Balaban J connectivity index is 2.29. The van der Waals surface area contributed by atoms with Crippen LogP contribution in [0.15, 0.2) is 11.1 Å². The van der Waals surface area contributed by atoms with Crippen LogP contribution in [-0.4, -0.2) is 34.8 Å². The zero-order chi connectivity index (χ0) is 14.2.